The summed E-state index contributed by atoms with van der Waals surface area (Å²) in [6, 6.07) is 3.95. The topological polar surface area (TPSA) is 51.8 Å². The summed E-state index contributed by atoms with van der Waals surface area (Å²) in [6.45, 7) is 0. The number of hydrogen-bond donors (Lipinski definition) is 1. The molecule has 0 fully saturated rings. The first-order valence-electron chi connectivity index (χ1n) is 4.18. The van der Waals surface area contributed by atoms with Gasteiger partial charge in [-0.25, -0.2) is 9.97 Å². The first kappa shape index (κ1) is 10.9. The van der Waals surface area contributed by atoms with Crippen molar-refractivity contribution < 1.29 is 0 Å². The van der Waals surface area contributed by atoms with Gasteiger partial charge in [0.25, 0.3) is 0 Å². The van der Waals surface area contributed by atoms with E-state index in [0.717, 1.165) is 20.9 Å². The second-order valence-electron chi connectivity index (χ2n) is 2.78. The largest absolute Gasteiger partial charge is 0.375 e. The molecule has 0 spiro atoms. The molecule has 0 atom stereocenters. The van der Waals surface area contributed by atoms with Crippen molar-refractivity contribution in [2.45, 2.75) is 10.8 Å². The highest BCUT2D eigenvalue weighted by atomic mass is 79.9. The molecule has 0 amide bonds. The summed E-state index contributed by atoms with van der Waals surface area (Å²) in [6.07, 6.45) is 1.79. The van der Waals surface area contributed by atoms with Crippen molar-refractivity contribution in [2.24, 2.45) is 0 Å². The van der Waals surface area contributed by atoms with E-state index in [9.17, 15) is 0 Å². The Labute approximate surface area is 104 Å². The van der Waals surface area contributed by atoms with Crippen LogP contribution in [0.4, 0.5) is 5.13 Å². The second kappa shape index (κ2) is 4.96. The maximum Gasteiger partial charge on any atom is 0.180 e. The number of nitrogen functional groups attached to an aromatic ring is 1. The van der Waals surface area contributed by atoms with Crippen molar-refractivity contribution >= 4 is 44.2 Å². The summed E-state index contributed by atoms with van der Waals surface area (Å²) < 4.78 is 0.991. The monoisotopic (exact) mass is 301 g/mol. The van der Waals surface area contributed by atoms with Crippen LogP contribution >= 0.6 is 39.0 Å². The summed E-state index contributed by atoms with van der Waals surface area (Å²) in [5.41, 5.74) is 6.55. The zero-order valence-corrected chi connectivity index (χ0v) is 10.9. The Hall–Kier alpha value is -0.590. The molecule has 0 aliphatic rings. The lowest BCUT2D eigenvalue weighted by atomic mass is 10.5. The molecule has 3 nitrogen and oxygen atoms in total. The van der Waals surface area contributed by atoms with E-state index < -0.39 is 0 Å². The number of thioether (sulfide) groups is 1. The maximum atomic E-state index is 5.54. The molecule has 0 aliphatic heterocycles. The molecule has 2 rings (SSSR count). The predicted octanol–water partition coefficient (Wildman–Crippen LogP) is 3.18. The Balaban J connectivity index is 1.96. The molecular formula is C9H8BrN3S2. The summed E-state index contributed by atoms with van der Waals surface area (Å²) >= 11 is 6.47. The molecule has 0 aliphatic carbocycles. The highest BCUT2D eigenvalue weighted by molar-refractivity contribution is 9.10. The molecule has 78 valence electrons. The number of aromatic nitrogens is 2. The molecule has 0 radical (unpaired) electrons. The molecule has 2 N–H and O–H groups in total. The fourth-order valence-corrected chi connectivity index (χ4v) is 2.62. The highest BCUT2D eigenvalue weighted by Gasteiger charge is 2.01. The molecule has 2 aromatic heterocycles. The molecule has 6 heteroatoms. The zero-order valence-electron chi connectivity index (χ0n) is 7.68. The van der Waals surface area contributed by atoms with Crippen LogP contribution in [0.2, 0.25) is 0 Å². The van der Waals surface area contributed by atoms with E-state index in [1.165, 1.54) is 11.3 Å². The third kappa shape index (κ3) is 3.19. The van der Waals surface area contributed by atoms with Crippen LogP contribution < -0.4 is 5.73 Å². The van der Waals surface area contributed by atoms with Gasteiger partial charge in [0.05, 0.1) is 10.7 Å². The molecule has 2 heterocycles. The van der Waals surface area contributed by atoms with Gasteiger partial charge in [0.2, 0.25) is 0 Å². The van der Waals surface area contributed by atoms with Gasteiger partial charge < -0.3 is 5.73 Å². The lowest BCUT2D eigenvalue weighted by molar-refractivity contribution is 1.12. The van der Waals surface area contributed by atoms with Crippen LogP contribution in [0.1, 0.15) is 5.69 Å². The molecule has 0 saturated heterocycles. The summed E-state index contributed by atoms with van der Waals surface area (Å²) in [7, 11) is 0. The summed E-state index contributed by atoms with van der Waals surface area (Å²) in [5, 5.41) is 3.58. The Bertz CT molecular complexity index is 441. The van der Waals surface area contributed by atoms with E-state index in [2.05, 4.69) is 25.9 Å². The van der Waals surface area contributed by atoms with Crippen LogP contribution in [0.25, 0.3) is 0 Å². The number of anilines is 1. The molecule has 15 heavy (non-hydrogen) atoms. The quantitative estimate of drug-likeness (QED) is 0.885. The SMILES string of the molecule is Nc1nc(CSc2ccc(Br)cn2)cs1. The van der Waals surface area contributed by atoms with Crippen molar-refractivity contribution in [1.82, 2.24) is 9.97 Å². The van der Waals surface area contributed by atoms with Crippen molar-refractivity contribution in [2.75, 3.05) is 5.73 Å². The lowest BCUT2D eigenvalue weighted by Gasteiger charge is -1.97. The normalized spacial score (nSPS) is 10.5. The number of hydrogen-bond acceptors (Lipinski definition) is 5. The molecule has 0 bridgehead atoms. The van der Waals surface area contributed by atoms with Gasteiger partial charge in [-0.2, -0.15) is 0 Å². The van der Waals surface area contributed by atoms with Gasteiger partial charge in [0.15, 0.2) is 5.13 Å². The van der Waals surface area contributed by atoms with E-state index in [0.29, 0.717) is 5.13 Å². The van der Waals surface area contributed by atoms with Crippen molar-refractivity contribution in [3.8, 4) is 0 Å². The van der Waals surface area contributed by atoms with Crippen molar-refractivity contribution in [3.05, 3.63) is 33.9 Å². The second-order valence-corrected chi connectivity index (χ2v) is 5.58. The van der Waals surface area contributed by atoms with Crippen LogP contribution in [0.3, 0.4) is 0 Å². The maximum absolute atomic E-state index is 5.54. The predicted molar refractivity (Wildman–Crippen MR) is 68.0 cm³/mol. The first-order chi connectivity index (χ1) is 7.24. The summed E-state index contributed by atoms with van der Waals surface area (Å²) in [5.74, 6) is 0.808. The number of pyridine rings is 1. The molecule has 0 saturated carbocycles. The molecule has 2 aromatic rings. The Morgan fingerprint density at radius 1 is 1.47 bits per heavy atom. The van der Waals surface area contributed by atoms with Crippen LogP contribution in [-0.2, 0) is 5.75 Å². The van der Waals surface area contributed by atoms with Crippen LogP contribution in [0, 0.1) is 0 Å². The Morgan fingerprint density at radius 2 is 2.33 bits per heavy atom. The van der Waals surface area contributed by atoms with Gasteiger partial charge in [-0.3, -0.25) is 0 Å². The number of thiazole rings is 1. The van der Waals surface area contributed by atoms with Crippen molar-refractivity contribution in [1.29, 1.82) is 0 Å². The van der Waals surface area contributed by atoms with E-state index in [1.54, 1.807) is 18.0 Å². The van der Waals surface area contributed by atoms with Gasteiger partial charge in [-0.1, -0.05) is 0 Å². The fraction of sp³-hybridized carbons (Fsp3) is 0.111. The van der Waals surface area contributed by atoms with Gasteiger partial charge in [0.1, 0.15) is 0 Å². The Kier molecular flexibility index (Phi) is 3.61. The number of rotatable bonds is 3. The van der Waals surface area contributed by atoms with Crippen LogP contribution in [-0.4, -0.2) is 9.97 Å². The van der Waals surface area contributed by atoms with Gasteiger partial charge in [-0.05, 0) is 28.1 Å². The highest BCUT2D eigenvalue weighted by Crippen LogP contribution is 2.23. The van der Waals surface area contributed by atoms with E-state index >= 15 is 0 Å². The average Bonchev–Trinajstić information content (AvgIpc) is 2.64. The van der Waals surface area contributed by atoms with E-state index in [-0.39, 0.29) is 0 Å². The zero-order chi connectivity index (χ0) is 10.7. The standard InChI is InChI=1S/C9H8BrN3S2/c10-6-1-2-8(12-3-6)14-4-7-5-15-9(11)13-7/h1-3,5H,4H2,(H2,11,13). The van der Waals surface area contributed by atoms with Gasteiger partial charge >= 0.3 is 0 Å². The average molecular weight is 302 g/mol. The minimum atomic E-state index is 0.620. The van der Waals surface area contributed by atoms with Crippen molar-refractivity contribution in [3.63, 3.8) is 0 Å². The lowest BCUT2D eigenvalue weighted by Crippen LogP contribution is -1.85. The first-order valence-corrected chi connectivity index (χ1v) is 6.84. The third-order valence-electron chi connectivity index (χ3n) is 1.64. The molecular weight excluding hydrogens is 294 g/mol. The minimum Gasteiger partial charge on any atom is -0.375 e. The molecule has 0 aromatic carbocycles. The van der Waals surface area contributed by atoms with E-state index in [4.69, 9.17) is 5.73 Å². The number of nitrogens with zero attached hydrogens (tertiary/aromatic N) is 2. The van der Waals surface area contributed by atoms with Crippen LogP contribution in [0.5, 0.6) is 0 Å². The molecule has 0 unspecified atom stereocenters. The smallest absolute Gasteiger partial charge is 0.180 e. The van der Waals surface area contributed by atoms with E-state index in [1.807, 2.05) is 17.5 Å². The fourth-order valence-electron chi connectivity index (χ4n) is 0.984. The summed E-state index contributed by atoms with van der Waals surface area (Å²) in [4.78, 5) is 8.44. The number of nitrogens with two attached hydrogens (primary N) is 1. The third-order valence-corrected chi connectivity index (χ3v) is 3.81. The van der Waals surface area contributed by atoms with Gasteiger partial charge in [0, 0.05) is 21.8 Å². The number of halogens is 1. The van der Waals surface area contributed by atoms with Crippen LogP contribution in [0.15, 0.2) is 33.2 Å². The van der Waals surface area contributed by atoms with Gasteiger partial charge in [-0.15, -0.1) is 23.1 Å². The Morgan fingerprint density at radius 3 is 2.93 bits per heavy atom. The minimum absolute atomic E-state index is 0.620.